The highest BCUT2D eigenvalue weighted by atomic mass is 16.5. The Balaban J connectivity index is 1.94. The van der Waals surface area contributed by atoms with Crippen molar-refractivity contribution in [3.05, 3.63) is 23.3 Å². The molecule has 0 radical (unpaired) electrons. The minimum Gasteiger partial charge on any atom is -0.396 e. The van der Waals surface area contributed by atoms with Crippen LogP contribution in [0.15, 0.2) is 23.3 Å². The van der Waals surface area contributed by atoms with Crippen molar-refractivity contribution < 1.29 is 24.9 Å². The number of fused-ring (bicyclic) bond motifs is 1. The summed E-state index contributed by atoms with van der Waals surface area (Å²) in [6, 6.07) is 0. The van der Waals surface area contributed by atoms with Gasteiger partial charge in [0.1, 0.15) is 0 Å². The second-order valence-electron chi connectivity index (χ2n) is 11.9. The molecule has 0 aliphatic heterocycles. The summed E-state index contributed by atoms with van der Waals surface area (Å²) >= 11 is 0. The Bertz CT molecular complexity index is 770. The summed E-state index contributed by atoms with van der Waals surface area (Å²) in [5.74, 6) is 0.725. The molecule has 8 atom stereocenters. The van der Waals surface area contributed by atoms with Gasteiger partial charge in [-0.25, -0.2) is 0 Å². The SMILES string of the molecule is COC(C=C(C)C1CCC(C2=CC(O)C3CC(O)CCC3(C)C2=O)C1(C)CCO)CC(C)C. The number of allylic oxidation sites excluding steroid dienone is 2. The van der Waals surface area contributed by atoms with Gasteiger partial charge in [0.2, 0.25) is 0 Å². The third-order valence-electron chi connectivity index (χ3n) is 9.25. The van der Waals surface area contributed by atoms with Crippen LogP contribution < -0.4 is 0 Å². The van der Waals surface area contributed by atoms with Crippen molar-refractivity contribution in [2.75, 3.05) is 13.7 Å². The molecular formula is C28H46O5. The third-order valence-corrected chi connectivity index (χ3v) is 9.25. The molecule has 0 aromatic heterocycles. The van der Waals surface area contributed by atoms with Crippen LogP contribution in [0.25, 0.3) is 0 Å². The highest BCUT2D eigenvalue weighted by Gasteiger charge is 2.56. The number of carbonyl (C=O) groups is 1. The smallest absolute Gasteiger partial charge is 0.165 e. The molecule has 0 saturated heterocycles. The fourth-order valence-corrected chi connectivity index (χ4v) is 7.29. The van der Waals surface area contributed by atoms with Gasteiger partial charge in [0.25, 0.3) is 0 Å². The van der Waals surface area contributed by atoms with Crippen LogP contribution in [-0.2, 0) is 9.53 Å². The lowest BCUT2D eigenvalue weighted by Gasteiger charge is -2.49. The normalized spacial score (nSPS) is 40.7. The maximum Gasteiger partial charge on any atom is 0.165 e. The maximum atomic E-state index is 13.9. The number of hydrogen-bond acceptors (Lipinski definition) is 5. The number of aliphatic hydroxyl groups excluding tert-OH is 3. The number of rotatable bonds is 8. The fraction of sp³-hybridized carbons (Fsp3) is 0.821. The highest BCUT2D eigenvalue weighted by Crippen LogP contribution is 2.59. The van der Waals surface area contributed by atoms with Crippen molar-refractivity contribution in [1.29, 1.82) is 0 Å². The van der Waals surface area contributed by atoms with Gasteiger partial charge in [-0.3, -0.25) is 4.79 Å². The lowest BCUT2D eigenvalue weighted by molar-refractivity contribution is -0.138. The van der Waals surface area contributed by atoms with Gasteiger partial charge >= 0.3 is 0 Å². The Labute approximate surface area is 200 Å². The van der Waals surface area contributed by atoms with Crippen molar-refractivity contribution in [2.45, 2.75) is 97.9 Å². The minimum absolute atomic E-state index is 0.0101. The molecule has 3 aliphatic carbocycles. The molecule has 3 aliphatic rings. The van der Waals surface area contributed by atoms with E-state index in [-0.39, 0.29) is 41.7 Å². The lowest BCUT2D eigenvalue weighted by atomic mass is 9.55. The molecule has 0 aromatic carbocycles. The van der Waals surface area contributed by atoms with E-state index in [1.165, 1.54) is 5.57 Å². The van der Waals surface area contributed by atoms with Gasteiger partial charge in [-0.2, -0.15) is 0 Å². The summed E-state index contributed by atoms with van der Waals surface area (Å²) in [4.78, 5) is 13.9. The van der Waals surface area contributed by atoms with E-state index < -0.39 is 17.6 Å². The van der Waals surface area contributed by atoms with Gasteiger partial charge in [-0.1, -0.05) is 39.3 Å². The molecule has 0 spiro atoms. The molecule has 3 N–H and O–H groups in total. The first-order valence-corrected chi connectivity index (χ1v) is 12.9. The van der Waals surface area contributed by atoms with Gasteiger partial charge < -0.3 is 20.1 Å². The van der Waals surface area contributed by atoms with Crippen molar-refractivity contribution in [3.8, 4) is 0 Å². The monoisotopic (exact) mass is 462 g/mol. The molecule has 8 unspecified atom stereocenters. The Morgan fingerprint density at radius 3 is 2.55 bits per heavy atom. The molecule has 0 amide bonds. The van der Waals surface area contributed by atoms with Crippen molar-refractivity contribution in [1.82, 2.24) is 0 Å². The molecule has 3 rings (SSSR count). The molecule has 0 bridgehead atoms. The van der Waals surface area contributed by atoms with Crippen LogP contribution in [0.4, 0.5) is 0 Å². The largest absolute Gasteiger partial charge is 0.396 e. The summed E-state index contributed by atoms with van der Waals surface area (Å²) in [5, 5.41) is 31.2. The van der Waals surface area contributed by atoms with Crippen LogP contribution in [0.5, 0.6) is 0 Å². The number of carbonyl (C=O) groups excluding carboxylic acids is 1. The fourth-order valence-electron chi connectivity index (χ4n) is 7.29. The van der Waals surface area contributed by atoms with E-state index >= 15 is 0 Å². The molecule has 0 heterocycles. The first kappa shape index (κ1) is 26.6. The third kappa shape index (κ3) is 5.03. The van der Waals surface area contributed by atoms with Crippen molar-refractivity contribution >= 4 is 5.78 Å². The average Bonchev–Trinajstić information content (AvgIpc) is 3.08. The van der Waals surface area contributed by atoms with E-state index in [1.54, 1.807) is 13.2 Å². The van der Waals surface area contributed by atoms with Crippen molar-refractivity contribution in [3.63, 3.8) is 0 Å². The zero-order valence-corrected chi connectivity index (χ0v) is 21.5. The van der Waals surface area contributed by atoms with E-state index in [2.05, 4.69) is 33.8 Å². The number of aliphatic hydroxyl groups is 3. The predicted octanol–water partition coefficient (Wildman–Crippen LogP) is 4.45. The highest BCUT2D eigenvalue weighted by molar-refractivity contribution is 6.01. The maximum absolute atomic E-state index is 13.9. The molecule has 5 nitrogen and oxygen atoms in total. The van der Waals surface area contributed by atoms with Crippen LogP contribution in [0.2, 0.25) is 0 Å². The van der Waals surface area contributed by atoms with Gasteiger partial charge in [-0.15, -0.1) is 0 Å². The van der Waals surface area contributed by atoms with Crippen LogP contribution in [-0.4, -0.2) is 53.1 Å². The second-order valence-corrected chi connectivity index (χ2v) is 11.9. The van der Waals surface area contributed by atoms with Gasteiger partial charge in [0.05, 0.1) is 18.3 Å². The van der Waals surface area contributed by atoms with Gasteiger partial charge in [0.15, 0.2) is 5.78 Å². The predicted molar refractivity (Wildman–Crippen MR) is 131 cm³/mol. The first-order chi connectivity index (χ1) is 15.5. The first-order valence-electron chi connectivity index (χ1n) is 12.9. The molecule has 2 saturated carbocycles. The van der Waals surface area contributed by atoms with Crippen LogP contribution in [0.1, 0.15) is 79.6 Å². The lowest BCUT2D eigenvalue weighted by Crippen LogP contribution is -2.52. The number of ketones is 1. The Morgan fingerprint density at radius 2 is 1.94 bits per heavy atom. The van der Waals surface area contributed by atoms with E-state index in [1.807, 2.05) is 6.92 Å². The summed E-state index contributed by atoms with van der Waals surface area (Å²) in [5.41, 5.74) is 1.15. The van der Waals surface area contributed by atoms with E-state index in [0.717, 1.165) is 24.8 Å². The molecule has 2 fully saturated rings. The average molecular weight is 463 g/mol. The molecule has 0 aromatic rings. The quantitative estimate of drug-likeness (QED) is 0.464. The topological polar surface area (TPSA) is 87.0 Å². The van der Waals surface area contributed by atoms with Gasteiger partial charge in [-0.05, 0) is 86.7 Å². The van der Waals surface area contributed by atoms with E-state index in [0.29, 0.717) is 31.6 Å². The zero-order chi connectivity index (χ0) is 24.6. The van der Waals surface area contributed by atoms with Crippen molar-refractivity contribution in [2.24, 2.45) is 34.5 Å². The number of Topliss-reactive ketones (excluding diaryl/α,β-unsaturated/α-hetero) is 1. The zero-order valence-electron chi connectivity index (χ0n) is 21.5. The Morgan fingerprint density at radius 1 is 1.24 bits per heavy atom. The number of hydrogen-bond donors (Lipinski definition) is 3. The van der Waals surface area contributed by atoms with E-state index in [9.17, 15) is 20.1 Å². The number of methoxy groups -OCH3 is 1. The molecule has 33 heavy (non-hydrogen) atoms. The van der Waals surface area contributed by atoms with Crippen LogP contribution in [0.3, 0.4) is 0 Å². The second kappa shape index (κ2) is 10.3. The molecule has 5 heteroatoms. The van der Waals surface area contributed by atoms with Gasteiger partial charge in [0, 0.05) is 25.0 Å². The van der Waals surface area contributed by atoms with Crippen LogP contribution >= 0.6 is 0 Å². The minimum atomic E-state index is -0.712. The van der Waals surface area contributed by atoms with Crippen LogP contribution in [0, 0.1) is 34.5 Å². The number of ether oxygens (including phenoxy) is 1. The Kier molecular flexibility index (Phi) is 8.31. The summed E-state index contributed by atoms with van der Waals surface area (Å²) < 4.78 is 5.73. The Hall–Kier alpha value is -1.01. The summed E-state index contributed by atoms with van der Waals surface area (Å²) in [7, 11) is 1.76. The standard InChI is InChI=1S/C28H46O5/c1-17(2)13-20(33-6)14-18(3)22-7-8-23(27(22,4)11-12-29)21-16-25(31)24-15-19(30)9-10-28(24,5)26(21)32/h14,16-17,19-20,22-25,29-31H,7-13,15H2,1-6H3. The molecular weight excluding hydrogens is 416 g/mol. The molecule has 188 valence electrons. The summed E-state index contributed by atoms with van der Waals surface area (Å²) in [6.07, 6.45) is 8.06. The summed E-state index contributed by atoms with van der Waals surface area (Å²) in [6.45, 7) is 10.8. The van der Waals surface area contributed by atoms with E-state index in [4.69, 9.17) is 4.74 Å².